The van der Waals surface area contributed by atoms with Crippen LogP contribution < -0.4 is 5.73 Å². The van der Waals surface area contributed by atoms with Crippen molar-refractivity contribution in [2.24, 2.45) is 12.8 Å². The number of benzene rings is 1. The Labute approximate surface area is 112 Å². The summed E-state index contributed by atoms with van der Waals surface area (Å²) in [5.74, 6) is 2.06. The highest BCUT2D eigenvalue weighted by Gasteiger charge is 2.06. The van der Waals surface area contributed by atoms with Crippen molar-refractivity contribution in [3.8, 4) is 0 Å². The van der Waals surface area contributed by atoms with E-state index in [9.17, 15) is 0 Å². The van der Waals surface area contributed by atoms with E-state index in [1.165, 1.54) is 4.90 Å². The summed E-state index contributed by atoms with van der Waals surface area (Å²) in [4.78, 5) is 5.59. The number of thioether (sulfide) groups is 1. The first-order chi connectivity index (χ1) is 8.75. The maximum atomic E-state index is 6.13. The predicted molar refractivity (Wildman–Crippen MR) is 76.7 cm³/mol. The van der Waals surface area contributed by atoms with Gasteiger partial charge in [-0.2, -0.15) is 0 Å². The van der Waals surface area contributed by atoms with Gasteiger partial charge in [0.15, 0.2) is 0 Å². The number of aryl methyl sites for hydroxylation is 2. The first-order valence-electron chi connectivity index (χ1n) is 6.15. The van der Waals surface area contributed by atoms with Crippen molar-refractivity contribution in [3.05, 3.63) is 48.5 Å². The smallest absolute Gasteiger partial charge is 0.108 e. The van der Waals surface area contributed by atoms with Crippen molar-refractivity contribution in [1.82, 2.24) is 9.55 Å². The Hall–Kier alpha value is -1.26. The van der Waals surface area contributed by atoms with Crippen LogP contribution in [-0.4, -0.2) is 21.3 Å². The second kappa shape index (κ2) is 6.61. The average molecular weight is 261 g/mol. The number of nitrogens with two attached hydrogens (primary N) is 1. The van der Waals surface area contributed by atoms with Gasteiger partial charge in [0.1, 0.15) is 5.82 Å². The van der Waals surface area contributed by atoms with Crippen LogP contribution in [0, 0.1) is 0 Å². The second-order valence-corrected chi connectivity index (χ2v) is 5.47. The molecule has 0 aliphatic carbocycles. The van der Waals surface area contributed by atoms with Gasteiger partial charge >= 0.3 is 0 Å². The number of nitrogens with zero attached hydrogens (tertiary/aromatic N) is 2. The average Bonchev–Trinajstić information content (AvgIpc) is 2.81. The monoisotopic (exact) mass is 261 g/mol. The Morgan fingerprint density at radius 3 is 2.78 bits per heavy atom. The first kappa shape index (κ1) is 13.2. The summed E-state index contributed by atoms with van der Waals surface area (Å²) in [6, 6.07) is 10.6. The Kier molecular flexibility index (Phi) is 4.84. The molecule has 0 saturated carbocycles. The highest BCUT2D eigenvalue weighted by atomic mass is 32.2. The molecule has 2 rings (SSSR count). The van der Waals surface area contributed by atoms with Crippen LogP contribution >= 0.6 is 11.8 Å². The van der Waals surface area contributed by atoms with Gasteiger partial charge in [0.25, 0.3) is 0 Å². The molecule has 18 heavy (non-hydrogen) atoms. The molecule has 1 aromatic heterocycles. The zero-order chi connectivity index (χ0) is 12.8. The summed E-state index contributed by atoms with van der Waals surface area (Å²) < 4.78 is 2.05. The molecule has 0 amide bonds. The molecule has 0 bridgehead atoms. The first-order valence-corrected chi connectivity index (χ1v) is 7.14. The lowest BCUT2D eigenvalue weighted by atomic mass is 10.2. The molecule has 1 unspecified atom stereocenters. The molecule has 0 saturated heterocycles. The fourth-order valence-electron chi connectivity index (χ4n) is 1.76. The van der Waals surface area contributed by atoms with E-state index in [-0.39, 0.29) is 6.04 Å². The van der Waals surface area contributed by atoms with Gasteiger partial charge in [-0.05, 0) is 18.6 Å². The standard InChI is InChI=1S/C14H19N3S/c1-17-10-9-16-14(17)8-7-12(15)11-18-13-5-3-2-4-6-13/h2-6,9-10,12H,7-8,11,15H2,1H3. The van der Waals surface area contributed by atoms with Crippen LogP contribution in [-0.2, 0) is 13.5 Å². The number of imidazole rings is 1. The van der Waals surface area contributed by atoms with E-state index < -0.39 is 0 Å². The summed E-state index contributed by atoms with van der Waals surface area (Å²) in [6.07, 6.45) is 5.73. The lowest BCUT2D eigenvalue weighted by Gasteiger charge is -2.11. The highest BCUT2D eigenvalue weighted by molar-refractivity contribution is 7.99. The van der Waals surface area contributed by atoms with Crippen molar-refractivity contribution in [1.29, 1.82) is 0 Å². The molecule has 96 valence electrons. The van der Waals surface area contributed by atoms with Crippen molar-refractivity contribution in [2.45, 2.75) is 23.8 Å². The Morgan fingerprint density at radius 1 is 1.33 bits per heavy atom. The van der Waals surface area contributed by atoms with Crippen LogP contribution in [0.5, 0.6) is 0 Å². The fourth-order valence-corrected chi connectivity index (χ4v) is 2.68. The van der Waals surface area contributed by atoms with Gasteiger partial charge < -0.3 is 10.3 Å². The van der Waals surface area contributed by atoms with Gasteiger partial charge in [-0.25, -0.2) is 4.98 Å². The summed E-state index contributed by atoms with van der Waals surface area (Å²) >= 11 is 1.82. The fraction of sp³-hybridized carbons (Fsp3) is 0.357. The maximum absolute atomic E-state index is 6.13. The topological polar surface area (TPSA) is 43.8 Å². The molecular weight excluding hydrogens is 242 g/mol. The van der Waals surface area contributed by atoms with E-state index in [0.29, 0.717) is 0 Å². The van der Waals surface area contributed by atoms with E-state index in [0.717, 1.165) is 24.4 Å². The minimum absolute atomic E-state index is 0.215. The third-order valence-corrected chi connectivity index (χ3v) is 4.07. The van der Waals surface area contributed by atoms with Crippen molar-refractivity contribution in [2.75, 3.05) is 5.75 Å². The van der Waals surface area contributed by atoms with Gasteiger partial charge in [-0.1, -0.05) is 18.2 Å². The largest absolute Gasteiger partial charge is 0.338 e. The van der Waals surface area contributed by atoms with Gasteiger partial charge in [0.2, 0.25) is 0 Å². The lowest BCUT2D eigenvalue weighted by Crippen LogP contribution is -2.24. The second-order valence-electron chi connectivity index (χ2n) is 4.38. The highest BCUT2D eigenvalue weighted by Crippen LogP contribution is 2.18. The number of hydrogen-bond donors (Lipinski definition) is 1. The molecule has 0 aliphatic rings. The van der Waals surface area contributed by atoms with E-state index in [1.54, 1.807) is 0 Å². The normalized spacial score (nSPS) is 12.6. The number of aromatic nitrogens is 2. The minimum Gasteiger partial charge on any atom is -0.338 e. The molecule has 0 spiro atoms. The van der Waals surface area contributed by atoms with Crippen LogP contribution in [0.3, 0.4) is 0 Å². The quantitative estimate of drug-likeness (QED) is 0.812. The molecule has 4 heteroatoms. The summed E-state index contributed by atoms with van der Waals surface area (Å²) in [6.45, 7) is 0. The maximum Gasteiger partial charge on any atom is 0.108 e. The van der Waals surface area contributed by atoms with E-state index >= 15 is 0 Å². The molecule has 1 atom stereocenters. The van der Waals surface area contributed by atoms with Crippen molar-refractivity contribution in [3.63, 3.8) is 0 Å². The minimum atomic E-state index is 0.215. The van der Waals surface area contributed by atoms with Gasteiger partial charge in [-0.3, -0.25) is 0 Å². The third-order valence-electron chi connectivity index (χ3n) is 2.87. The van der Waals surface area contributed by atoms with Crippen molar-refractivity contribution < 1.29 is 0 Å². The molecule has 0 radical (unpaired) electrons. The van der Waals surface area contributed by atoms with E-state index in [1.807, 2.05) is 37.3 Å². The van der Waals surface area contributed by atoms with Gasteiger partial charge in [-0.15, -0.1) is 11.8 Å². The number of rotatable bonds is 6. The predicted octanol–water partition coefficient (Wildman–Crippen LogP) is 2.47. The summed E-state index contributed by atoms with van der Waals surface area (Å²) in [5, 5.41) is 0. The van der Waals surface area contributed by atoms with E-state index in [2.05, 4.69) is 33.8 Å². The molecule has 0 fully saturated rings. The Balaban J connectivity index is 1.73. The zero-order valence-electron chi connectivity index (χ0n) is 10.6. The van der Waals surface area contributed by atoms with E-state index in [4.69, 9.17) is 5.73 Å². The van der Waals surface area contributed by atoms with Crippen LogP contribution in [0.1, 0.15) is 12.2 Å². The van der Waals surface area contributed by atoms with Gasteiger partial charge in [0.05, 0.1) is 0 Å². The van der Waals surface area contributed by atoms with Crippen LogP contribution in [0.25, 0.3) is 0 Å². The zero-order valence-corrected chi connectivity index (χ0v) is 11.4. The van der Waals surface area contributed by atoms with Crippen LogP contribution in [0.2, 0.25) is 0 Å². The SMILES string of the molecule is Cn1ccnc1CCC(N)CSc1ccccc1. The number of hydrogen-bond acceptors (Lipinski definition) is 3. The Bertz CT molecular complexity index is 467. The molecular formula is C14H19N3S. The summed E-state index contributed by atoms with van der Waals surface area (Å²) in [7, 11) is 2.02. The van der Waals surface area contributed by atoms with Crippen LogP contribution in [0.4, 0.5) is 0 Å². The summed E-state index contributed by atoms with van der Waals surface area (Å²) in [5.41, 5.74) is 6.13. The molecule has 2 N–H and O–H groups in total. The lowest BCUT2D eigenvalue weighted by molar-refractivity contribution is 0.639. The van der Waals surface area contributed by atoms with Crippen molar-refractivity contribution >= 4 is 11.8 Å². The molecule has 0 aliphatic heterocycles. The Morgan fingerprint density at radius 2 is 2.11 bits per heavy atom. The third kappa shape index (κ3) is 3.89. The molecule has 1 heterocycles. The molecule has 1 aromatic carbocycles. The van der Waals surface area contributed by atoms with Gasteiger partial charge in [0, 0.05) is 42.6 Å². The molecule has 2 aromatic rings. The van der Waals surface area contributed by atoms with Crippen LogP contribution in [0.15, 0.2) is 47.6 Å². The molecule has 3 nitrogen and oxygen atoms in total.